The topological polar surface area (TPSA) is 71.0 Å². The molecule has 0 unspecified atom stereocenters. The van der Waals surface area contributed by atoms with Gasteiger partial charge in [0.1, 0.15) is 0 Å². The number of H-pyrrole nitrogens is 1. The van der Waals surface area contributed by atoms with Crippen molar-refractivity contribution in [2.45, 2.75) is 0 Å². The quantitative estimate of drug-likeness (QED) is 0.924. The second-order valence-corrected chi connectivity index (χ2v) is 8.37. The molecule has 1 N–H and O–H groups in total. The molecule has 2 aromatic rings. The molecule has 0 aliphatic heterocycles. The minimum Gasteiger partial charge on any atom is -0.256 e. The van der Waals surface area contributed by atoms with E-state index in [1.54, 1.807) is 23.8 Å². The van der Waals surface area contributed by atoms with E-state index < -0.39 is 9.73 Å². The zero-order valence-corrected chi connectivity index (χ0v) is 11.8. The van der Waals surface area contributed by atoms with Crippen molar-refractivity contribution in [3.05, 3.63) is 15.9 Å². The van der Waals surface area contributed by atoms with Gasteiger partial charge in [0.25, 0.3) is 5.95 Å². The third-order valence-electron chi connectivity index (χ3n) is 1.58. The molecule has 0 amide bonds. The van der Waals surface area contributed by atoms with Gasteiger partial charge in [0.15, 0.2) is 5.82 Å². The minimum atomic E-state index is -2.22. The molecule has 0 fully saturated rings. The van der Waals surface area contributed by atoms with Crippen molar-refractivity contribution in [3.63, 3.8) is 0 Å². The van der Waals surface area contributed by atoms with Gasteiger partial charge in [0.2, 0.25) is 0 Å². The Bertz CT molecular complexity index is 616. The Morgan fingerprint density at radius 2 is 2.25 bits per heavy atom. The summed E-state index contributed by atoms with van der Waals surface area (Å²) in [7, 11) is -2.22. The summed E-state index contributed by atoms with van der Waals surface area (Å²) in [5.41, 5.74) is 0. The van der Waals surface area contributed by atoms with Crippen molar-refractivity contribution in [2.24, 2.45) is 4.36 Å². The first-order valence-corrected chi connectivity index (χ1v) is 8.23. The molecule has 0 spiro atoms. The van der Waals surface area contributed by atoms with Crippen LogP contribution in [0.15, 0.2) is 20.3 Å². The Morgan fingerprint density at radius 3 is 2.81 bits per heavy atom. The molecule has 0 atom stereocenters. The van der Waals surface area contributed by atoms with Crippen molar-refractivity contribution in [2.75, 3.05) is 12.5 Å². The summed E-state index contributed by atoms with van der Waals surface area (Å²) in [4.78, 5) is 5.11. The number of rotatable bonds is 2. The molecule has 2 rings (SSSR count). The van der Waals surface area contributed by atoms with Crippen LogP contribution in [0.4, 0.5) is 5.95 Å². The lowest BCUT2D eigenvalue weighted by molar-refractivity contribution is 0.684. The average Bonchev–Trinajstić information content (AvgIpc) is 2.71. The lowest BCUT2D eigenvalue weighted by Crippen LogP contribution is -1.89. The van der Waals surface area contributed by atoms with E-state index in [0.717, 1.165) is 8.66 Å². The Kier molecular flexibility index (Phi) is 3.13. The first kappa shape index (κ1) is 11.7. The summed E-state index contributed by atoms with van der Waals surface area (Å²) in [5.74, 6) is 0.868. The SMILES string of the molecule is CS(C)(=O)=Nc1n[nH]c(-c2ccc(Br)s2)n1. The molecule has 0 radical (unpaired) electrons. The van der Waals surface area contributed by atoms with Gasteiger partial charge in [-0.05, 0) is 28.1 Å². The molecule has 0 aliphatic rings. The van der Waals surface area contributed by atoms with Gasteiger partial charge in [0, 0.05) is 22.2 Å². The van der Waals surface area contributed by atoms with Gasteiger partial charge in [-0.2, -0.15) is 9.35 Å². The van der Waals surface area contributed by atoms with E-state index in [1.165, 1.54) is 0 Å². The lowest BCUT2D eigenvalue weighted by Gasteiger charge is -1.88. The van der Waals surface area contributed by atoms with Gasteiger partial charge < -0.3 is 0 Å². The second-order valence-electron chi connectivity index (χ2n) is 3.36. The fourth-order valence-electron chi connectivity index (χ4n) is 1.04. The van der Waals surface area contributed by atoms with Crippen molar-refractivity contribution < 1.29 is 4.21 Å². The van der Waals surface area contributed by atoms with Crippen LogP contribution in [0.3, 0.4) is 0 Å². The van der Waals surface area contributed by atoms with E-state index in [0.29, 0.717) is 5.82 Å². The van der Waals surface area contributed by atoms with Gasteiger partial charge in [0.05, 0.1) is 8.66 Å². The number of halogens is 1. The lowest BCUT2D eigenvalue weighted by atomic mass is 10.4. The summed E-state index contributed by atoms with van der Waals surface area (Å²) in [6.07, 6.45) is 3.09. The van der Waals surface area contributed by atoms with E-state index in [4.69, 9.17) is 0 Å². The number of aromatic nitrogens is 3. The first-order chi connectivity index (χ1) is 7.44. The molecule has 16 heavy (non-hydrogen) atoms. The molecule has 0 bridgehead atoms. The highest BCUT2D eigenvalue weighted by Gasteiger charge is 2.07. The third-order valence-corrected chi connectivity index (χ3v) is 3.82. The molecule has 5 nitrogen and oxygen atoms in total. The molecule has 0 aromatic carbocycles. The van der Waals surface area contributed by atoms with Gasteiger partial charge in [-0.3, -0.25) is 5.10 Å². The van der Waals surface area contributed by atoms with Crippen LogP contribution < -0.4 is 0 Å². The number of thiophene rings is 1. The van der Waals surface area contributed by atoms with E-state index in [9.17, 15) is 4.21 Å². The highest BCUT2D eigenvalue weighted by atomic mass is 79.9. The first-order valence-electron chi connectivity index (χ1n) is 4.29. The number of nitrogens with one attached hydrogen (secondary N) is 1. The van der Waals surface area contributed by atoms with Gasteiger partial charge >= 0.3 is 0 Å². The van der Waals surface area contributed by atoms with Gasteiger partial charge in [-0.25, -0.2) is 4.21 Å². The predicted molar refractivity (Wildman–Crippen MR) is 69.5 cm³/mol. The van der Waals surface area contributed by atoms with E-state index >= 15 is 0 Å². The molecule has 0 aliphatic carbocycles. The summed E-state index contributed by atoms with van der Waals surface area (Å²) < 4.78 is 16.4. The normalized spacial score (nSPS) is 11.7. The molecule has 0 saturated carbocycles. The van der Waals surface area contributed by atoms with Crippen LogP contribution in [-0.2, 0) is 9.73 Å². The van der Waals surface area contributed by atoms with Crippen molar-refractivity contribution in [1.82, 2.24) is 15.2 Å². The molecular weight excluding hydrogens is 312 g/mol. The minimum absolute atomic E-state index is 0.231. The van der Waals surface area contributed by atoms with Crippen LogP contribution in [0.25, 0.3) is 10.7 Å². The summed E-state index contributed by atoms with van der Waals surface area (Å²) in [5, 5.41) is 6.66. The zero-order chi connectivity index (χ0) is 11.8. The van der Waals surface area contributed by atoms with Crippen LogP contribution >= 0.6 is 27.3 Å². The maximum absolute atomic E-state index is 11.4. The Balaban J connectivity index is 2.37. The Labute approximate surface area is 106 Å². The van der Waals surface area contributed by atoms with Crippen LogP contribution in [0.2, 0.25) is 0 Å². The molecule has 8 heteroatoms. The van der Waals surface area contributed by atoms with Crippen LogP contribution in [0.5, 0.6) is 0 Å². The highest BCUT2D eigenvalue weighted by molar-refractivity contribution is 9.11. The van der Waals surface area contributed by atoms with Gasteiger partial charge in [-0.1, -0.05) is 0 Å². The number of hydrogen-bond donors (Lipinski definition) is 1. The van der Waals surface area contributed by atoms with E-state index in [2.05, 4.69) is 35.5 Å². The van der Waals surface area contributed by atoms with E-state index in [1.807, 2.05) is 12.1 Å². The summed E-state index contributed by atoms with van der Waals surface area (Å²) in [6, 6.07) is 3.86. The zero-order valence-electron chi connectivity index (χ0n) is 8.60. The van der Waals surface area contributed by atoms with Gasteiger partial charge in [-0.15, -0.1) is 16.4 Å². The monoisotopic (exact) mass is 320 g/mol. The average molecular weight is 321 g/mol. The van der Waals surface area contributed by atoms with Crippen LogP contribution in [0, 0.1) is 0 Å². The van der Waals surface area contributed by atoms with E-state index in [-0.39, 0.29) is 5.95 Å². The third kappa shape index (κ3) is 2.89. The number of hydrogen-bond acceptors (Lipinski definition) is 5. The Hall–Kier alpha value is -0.730. The molecule has 0 saturated heterocycles. The predicted octanol–water partition coefficient (Wildman–Crippen LogP) is 2.65. The maximum Gasteiger partial charge on any atom is 0.276 e. The standard InChI is InChI=1S/C8H9BrN4OS2/c1-16(2,14)13-8-10-7(11-12-8)5-3-4-6(9)15-5/h3-4H,1-2H3,(H,10,11,12). The Morgan fingerprint density at radius 1 is 1.50 bits per heavy atom. The molecule has 86 valence electrons. The summed E-state index contributed by atoms with van der Waals surface area (Å²) >= 11 is 4.91. The van der Waals surface area contributed by atoms with Crippen molar-refractivity contribution in [1.29, 1.82) is 0 Å². The highest BCUT2D eigenvalue weighted by Crippen LogP contribution is 2.29. The largest absolute Gasteiger partial charge is 0.276 e. The van der Waals surface area contributed by atoms with Crippen LogP contribution in [0.1, 0.15) is 0 Å². The summed E-state index contributed by atoms with van der Waals surface area (Å²) in [6.45, 7) is 0. The van der Waals surface area contributed by atoms with Crippen molar-refractivity contribution in [3.8, 4) is 10.7 Å². The number of nitrogens with zero attached hydrogens (tertiary/aromatic N) is 3. The fourth-order valence-corrected chi connectivity index (χ4v) is 2.84. The van der Waals surface area contributed by atoms with Crippen LogP contribution in [-0.4, -0.2) is 31.9 Å². The molecular formula is C8H9BrN4OS2. The fraction of sp³-hybridized carbons (Fsp3) is 0.250. The smallest absolute Gasteiger partial charge is 0.256 e. The maximum atomic E-state index is 11.4. The number of aromatic amines is 1. The molecule has 2 aromatic heterocycles. The van der Waals surface area contributed by atoms with Crippen molar-refractivity contribution >= 4 is 42.9 Å². The molecule has 2 heterocycles. The second kappa shape index (κ2) is 4.27.